The number of methoxy groups -OCH3 is 2. The lowest BCUT2D eigenvalue weighted by Crippen LogP contribution is -2.31. The Kier molecular flexibility index (Phi) is 6.51. The van der Waals surface area contributed by atoms with E-state index in [2.05, 4.69) is 10.6 Å². The average Bonchev–Trinajstić information content (AvgIpc) is 2.62. The molecule has 2 N–H and O–H groups in total. The number of hydrogen-bond acceptors (Lipinski definition) is 4. The number of amides is 2. The van der Waals surface area contributed by atoms with Gasteiger partial charge in [-0.1, -0.05) is 12.1 Å². The predicted molar refractivity (Wildman–Crippen MR) is 97.7 cm³/mol. The van der Waals surface area contributed by atoms with Crippen LogP contribution in [0.15, 0.2) is 42.5 Å². The SMILES string of the molecule is CCOc1ccc(C(C)NC(=O)Nc2ccc(OC)cc2OC)cc1. The standard InChI is InChI=1S/C19H24N2O4/c1-5-25-15-8-6-14(7-9-15)13(2)20-19(22)21-17-11-10-16(23-3)12-18(17)24-4/h6-13H,5H2,1-4H3,(H2,20,21,22). The number of carbonyl (C=O) groups is 1. The van der Waals surface area contributed by atoms with Crippen molar-refractivity contribution in [3.05, 3.63) is 48.0 Å². The van der Waals surface area contributed by atoms with Crippen LogP contribution in [0.25, 0.3) is 0 Å². The molecular weight excluding hydrogens is 320 g/mol. The Labute approximate surface area is 148 Å². The minimum absolute atomic E-state index is 0.153. The predicted octanol–water partition coefficient (Wildman–Crippen LogP) is 3.99. The Morgan fingerprint density at radius 1 is 1.04 bits per heavy atom. The normalized spacial score (nSPS) is 11.4. The van der Waals surface area contributed by atoms with Crippen molar-refractivity contribution in [3.63, 3.8) is 0 Å². The summed E-state index contributed by atoms with van der Waals surface area (Å²) in [5.74, 6) is 2.00. The second kappa shape index (κ2) is 8.82. The summed E-state index contributed by atoms with van der Waals surface area (Å²) < 4.78 is 15.8. The molecule has 1 unspecified atom stereocenters. The monoisotopic (exact) mass is 344 g/mol. The van der Waals surface area contributed by atoms with E-state index >= 15 is 0 Å². The van der Waals surface area contributed by atoms with E-state index in [0.717, 1.165) is 11.3 Å². The third-order valence-electron chi connectivity index (χ3n) is 3.70. The fraction of sp³-hybridized carbons (Fsp3) is 0.316. The first-order valence-corrected chi connectivity index (χ1v) is 8.09. The van der Waals surface area contributed by atoms with Crippen LogP contribution in [0.1, 0.15) is 25.5 Å². The largest absolute Gasteiger partial charge is 0.497 e. The number of nitrogens with one attached hydrogen (secondary N) is 2. The van der Waals surface area contributed by atoms with Crippen LogP contribution < -0.4 is 24.8 Å². The third kappa shape index (κ3) is 5.04. The molecule has 6 nitrogen and oxygen atoms in total. The minimum atomic E-state index is -0.315. The molecule has 0 aliphatic carbocycles. The molecule has 25 heavy (non-hydrogen) atoms. The van der Waals surface area contributed by atoms with Crippen LogP contribution in [0.3, 0.4) is 0 Å². The van der Waals surface area contributed by atoms with Crippen molar-refractivity contribution in [2.75, 3.05) is 26.1 Å². The molecule has 0 saturated heterocycles. The van der Waals surface area contributed by atoms with E-state index in [4.69, 9.17) is 14.2 Å². The highest BCUT2D eigenvalue weighted by Crippen LogP contribution is 2.29. The number of anilines is 1. The molecule has 0 bridgehead atoms. The summed E-state index contributed by atoms with van der Waals surface area (Å²) >= 11 is 0. The van der Waals surface area contributed by atoms with Gasteiger partial charge in [0.1, 0.15) is 17.2 Å². The minimum Gasteiger partial charge on any atom is -0.497 e. The molecule has 2 amide bonds. The van der Waals surface area contributed by atoms with Gasteiger partial charge in [-0.2, -0.15) is 0 Å². The summed E-state index contributed by atoms with van der Waals surface area (Å²) in [4.78, 5) is 12.3. The highest BCUT2D eigenvalue weighted by molar-refractivity contribution is 5.91. The van der Waals surface area contributed by atoms with Gasteiger partial charge in [-0.15, -0.1) is 0 Å². The summed E-state index contributed by atoms with van der Waals surface area (Å²) in [5, 5.41) is 5.69. The Morgan fingerprint density at radius 3 is 2.32 bits per heavy atom. The molecule has 0 aromatic heterocycles. The summed E-state index contributed by atoms with van der Waals surface area (Å²) in [6.07, 6.45) is 0. The first-order chi connectivity index (χ1) is 12.1. The van der Waals surface area contributed by atoms with E-state index in [9.17, 15) is 4.79 Å². The highest BCUT2D eigenvalue weighted by Gasteiger charge is 2.12. The molecule has 1 atom stereocenters. The molecule has 2 rings (SSSR count). The molecule has 0 radical (unpaired) electrons. The molecule has 0 aliphatic rings. The topological polar surface area (TPSA) is 68.8 Å². The zero-order chi connectivity index (χ0) is 18.2. The Morgan fingerprint density at radius 2 is 1.72 bits per heavy atom. The van der Waals surface area contributed by atoms with Crippen molar-refractivity contribution in [1.29, 1.82) is 0 Å². The van der Waals surface area contributed by atoms with Gasteiger partial charge in [0, 0.05) is 6.07 Å². The van der Waals surface area contributed by atoms with Crippen molar-refractivity contribution in [1.82, 2.24) is 5.32 Å². The lowest BCUT2D eigenvalue weighted by Gasteiger charge is -2.17. The maximum absolute atomic E-state index is 12.3. The molecule has 0 saturated carbocycles. The maximum atomic E-state index is 12.3. The number of carbonyl (C=O) groups excluding carboxylic acids is 1. The van der Waals surface area contributed by atoms with Crippen LogP contribution in [0.2, 0.25) is 0 Å². The molecule has 0 fully saturated rings. The van der Waals surface area contributed by atoms with Gasteiger partial charge in [-0.3, -0.25) is 0 Å². The number of ether oxygens (including phenoxy) is 3. The molecule has 0 heterocycles. The van der Waals surface area contributed by atoms with Crippen LogP contribution in [-0.4, -0.2) is 26.9 Å². The van der Waals surface area contributed by atoms with Crippen LogP contribution >= 0.6 is 0 Å². The average molecular weight is 344 g/mol. The molecule has 2 aromatic rings. The van der Waals surface area contributed by atoms with E-state index in [1.54, 1.807) is 32.4 Å². The molecule has 2 aromatic carbocycles. The summed E-state index contributed by atoms with van der Waals surface area (Å²) in [7, 11) is 3.12. The van der Waals surface area contributed by atoms with E-state index in [1.807, 2.05) is 38.1 Å². The summed E-state index contributed by atoms with van der Waals surface area (Å²) in [6, 6.07) is 12.4. The number of rotatable bonds is 7. The Hall–Kier alpha value is -2.89. The fourth-order valence-corrected chi connectivity index (χ4v) is 2.36. The lowest BCUT2D eigenvalue weighted by atomic mass is 10.1. The lowest BCUT2D eigenvalue weighted by molar-refractivity contribution is 0.249. The van der Waals surface area contributed by atoms with E-state index in [-0.39, 0.29) is 12.1 Å². The van der Waals surface area contributed by atoms with Gasteiger partial charge in [0.2, 0.25) is 0 Å². The second-order valence-electron chi connectivity index (χ2n) is 5.39. The van der Waals surface area contributed by atoms with Gasteiger partial charge < -0.3 is 24.8 Å². The number of hydrogen-bond donors (Lipinski definition) is 2. The third-order valence-corrected chi connectivity index (χ3v) is 3.70. The van der Waals surface area contributed by atoms with Crippen molar-refractivity contribution in [2.45, 2.75) is 19.9 Å². The highest BCUT2D eigenvalue weighted by atomic mass is 16.5. The van der Waals surface area contributed by atoms with Crippen molar-refractivity contribution >= 4 is 11.7 Å². The number of benzene rings is 2. The van der Waals surface area contributed by atoms with Crippen LogP contribution in [0, 0.1) is 0 Å². The van der Waals surface area contributed by atoms with Gasteiger partial charge >= 0.3 is 6.03 Å². The smallest absolute Gasteiger partial charge is 0.319 e. The Bertz CT molecular complexity index is 701. The van der Waals surface area contributed by atoms with Gasteiger partial charge in [0.25, 0.3) is 0 Å². The van der Waals surface area contributed by atoms with Gasteiger partial charge in [0.15, 0.2) is 0 Å². The summed E-state index contributed by atoms with van der Waals surface area (Å²) in [6.45, 7) is 4.48. The van der Waals surface area contributed by atoms with E-state index in [0.29, 0.717) is 23.8 Å². The zero-order valence-electron chi connectivity index (χ0n) is 15.0. The van der Waals surface area contributed by atoms with E-state index in [1.165, 1.54) is 0 Å². The van der Waals surface area contributed by atoms with Crippen LogP contribution in [0.4, 0.5) is 10.5 Å². The quantitative estimate of drug-likeness (QED) is 0.797. The zero-order valence-corrected chi connectivity index (χ0v) is 15.0. The van der Waals surface area contributed by atoms with Gasteiger partial charge in [-0.05, 0) is 43.7 Å². The molecule has 6 heteroatoms. The molecule has 0 aliphatic heterocycles. The molecule has 134 valence electrons. The fourth-order valence-electron chi connectivity index (χ4n) is 2.36. The van der Waals surface area contributed by atoms with Crippen molar-refractivity contribution < 1.29 is 19.0 Å². The Balaban J connectivity index is 1.99. The van der Waals surface area contributed by atoms with Gasteiger partial charge in [0.05, 0.1) is 32.6 Å². The first-order valence-electron chi connectivity index (χ1n) is 8.09. The summed E-state index contributed by atoms with van der Waals surface area (Å²) in [5.41, 5.74) is 1.56. The maximum Gasteiger partial charge on any atom is 0.319 e. The second-order valence-corrected chi connectivity index (χ2v) is 5.39. The number of urea groups is 1. The van der Waals surface area contributed by atoms with E-state index < -0.39 is 0 Å². The van der Waals surface area contributed by atoms with Gasteiger partial charge in [-0.25, -0.2) is 4.79 Å². The van der Waals surface area contributed by atoms with Crippen LogP contribution in [-0.2, 0) is 0 Å². The first kappa shape index (κ1) is 18.4. The van der Waals surface area contributed by atoms with Crippen molar-refractivity contribution in [3.8, 4) is 17.2 Å². The molecule has 0 spiro atoms. The molecular formula is C19H24N2O4. The van der Waals surface area contributed by atoms with Crippen LogP contribution in [0.5, 0.6) is 17.2 Å². The van der Waals surface area contributed by atoms with Crippen molar-refractivity contribution in [2.24, 2.45) is 0 Å².